The molecule has 3 atom stereocenters. The summed E-state index contributed by atoms with van der Waals surface area (Å²) in [6.45, 7) is 1.06. The fourth-order valence-corrected chi connectivity index (χ4v) is 3.49. The highest BCUT2D eigenvalue weighted by Crippen LogP contribution is 2.44. The molecule has 3 rings (SSSR count). The second-order valence-electron chi connectivity index (χ2n) is 5.75. The first-order valence-corrected chi connectivity index (χ1v) is 6.76. The maximum absolute atomic E-state index is 13.1. The third-order valence-corrected chi connectivity index (χ3v) is 4.49. The number of nitrogen functional groups attached to an aromatic ring is 1. The van der Waals surface area contributed by atoms with Crippen molar-refractivity contribution < 1.29 is 18.3 Å². The number of rotatable bonds is 1. The Labute approximate surface area is 115 Å². The van der Waals surface area contributed by atoms with E-state index < -0.39 is 11.7 Å². The second kappa shape index (κ2) is 4.55. The first-order valence-electron chi connectivity index (χ1n) is 6.76. The van der Waals surface area contributed by atoms with Gasteiger partial charge in [0.05, 0.1) is 11.7 Å². The predicted octanol–water partition coefficient (Wildman–Crippen LogP) is 2.49. The summed E-state index contributed by atoms with van der Waals surface area (Å²) >= 11 is 0. The van der Waals surface area contributed by atoms with Crippen LogP contribution in [-0.4, -0.2) is 24.3 Å². The number of fused-ring (bicyclic) bond motifs is 1. The summed E-state index contributed by atoms with van der Waals surface area (Å²) in [6.07, 6.45) is -3.15. The molecule has 6 heteroatoms. The van der Waals surface area contributed by atoms with Gasteiger partial charge < -0.3 is 15.7 Å². The van der Waals surface area contributed by atoms with Crippen LogP contribution in [0.1, 0.15) is 18.4 Å². The van der Waals surface area contributed by atoms with Crippen LogP contribution < -0.4 is 10.6 Å². The zero-order chi connectivity index (χ0) is 14.5. The Balaban J connectivity index is 1.92. The van der Waals surface area contributed by atoms with Crippen LogP contribution in [0.2, 0.25) is 0 Å². The Morgan fingerprint density at radius 3 is 2.60 bits per heavy atom. The van der Waals surface area contributed by atoms with Gasteiger partial charge in [0.1, 0.15) is 0 Å². The molecule has 1 aliphatic heterocycles. The summed E-state index contributed by atoms with van der Waals surface area (Å²) < 4.78 is 39.4. The van der Waals surface area contributed by atoms with Gasteiger partial charge in [-0.2, -0.15) is 13.2 Å². The number of alkyl halides is 3. The van der Waals surface area contributed by atoms with Gasteiger partial charge in [0.15, 0.2) is 0 Å². The molecule has 1 saturated carbocycles. The molecule has 3 unspecified atom stereocenters. The molecule has 1 saturated heterocycles. The topological polar surface area (TPSA) is 49.5 Å². The van der Waals surface area contributed by atoms with Crippen molar-refractivity contribution >= 4 is 11.4 Å². The summed E-state index contributed by atoms with van der Waals surface area (Å²) in [5, 5.41) is 9.87. The van der Waals surface area contributed by atoms with Crippen LogP contribution in [0.4, 0.5) is 24.5 Å². The summed E-state index contributed by atoms with van der Waals surface area (Å²) in [4.78, 5) is 1.74. The van der Waals surface area contributed by atoms with Gasteiger partial charge in [-0.05, 0) is 37.0 Å². The minimum atomic E-state index is -4.42. The lowest BCUT2D eigenvalue weighted by Gasteiger charge is -2.24. The van der Waals surface area contributed by atoms with Crippen molar-refractivity contribution in [1.82, 2.24) is 0 Å². The molecule has 1 aromatic carbocycles. The van der Waals surface area contributed by atoms with Gasteiger partial charge in [0.2, 0.25) is 0 Å². The largest absolute Gasteiger partial charge is 0.418 e. The normalized spacial score (nSPS) is 29.8. The van der Waals surface area contributed by atoms with Gasteiger partial charge in [-0.3, -0.25) is 0 Å². The van der Waals surface area contributed by atoms with Gasteiger partial charge in [-0.15, -0.1) is 0 Å². The Morgan fingerprint density at radius 1 is 1.20 bits per heavy atom. The van der Waals surface area contributed by atoms with Crippen LogP contribution in [-0.2, 0) is 6.18 Å². The highest BCUT2D eigenvalue weighted by atomic mass is 19.4. The van der Waals surface area contributed by atoms with Crippen LogP contribution in [0.3, 0.4) is 0 Å². The average molecular weight is 286 g/mol. The first kappa shape index (κ1) is 13.5. The quantitative estimate of drug-likeness (QED) is 0.780. The third-order valence-electron chi connectivity index (χ3n) is 4.49. The van der Waals surface area contributed by atoms with Crippen LogP contribution in [0.25, 0.3) is 0 Å². The molecule has 3 N–H and O–H groups in total. The number of hydrogen-bond donors (Lipinski definition) is 2. The van der Waals surface area contributed by atoms with E-state index >= 15 is 0 Å². The van der Waals surface area contributed by atoms with E-state index in [1.165, 1.54) is 12.1 Å². The lowest BCUT2D eigenvalue weighted by atomic mass is 10.00. The fourth-order valence-electron chi connectivity index (χ4n) is 3.49. The first-order chi connectivity index (χ1) is 9.36. The number of anilines is 2. The van der Waals surface area contributed by atoms with Crippen molar-refractivity contribution in [1.29, 1.82) is 0 Å². The number of nitrogens with zero attached hydrogens (tertiary/aromatic N) is 1. The second-order valence-corrected chi connectivity index (χ2v) is 5.75. The van der Waals surface area contributed by atoms with E-state index in [1.54, 1.807) is 4.90 Å². The Morgan fingerprint density at radius 2 is 1.95 bits per heavy atom. The summed E-state index contributed by atoms with van der Waals surface area (Å²) in [5.74, 6) is 0.386. The molecule has 0 amide bonds. The summed E-state index contributed by atoms with van der Waals surface area (Å²) in [6, 6.07) is 3.92. The van der Waals surface area contributed by atoms with E-state index in [9.17, 15) is 18.3 Å². The minimum Gasteiger partial charge on any atom is -0.399 e. The molecule has 2 aliphatic rings. The lowest BCUT2D eigenvalue weighted by Crippen LogP contribution is -2.26. The number of halogens is 3. The van der Waals surface area contributed by atoms with Crippen LogP contribution in [0, 0.1) is 11.8 Å². The molecule has 1 heterocycles. The molecule has 2 fully saturated rings. The molecule has 0 bridgehead atoms. The van der Waals surface area contributed by atoms with Gasteiger partial charge >= 0.3 is 6.18 Å². The highest BCUT2D eigenvalue weighted by molar-refractivity contribution is 5.61. The van der Waals surface area contributed by atoms with Gasteiger partial charge in [0, 0.05) is 30.4 Å². The molecule has 3 nitrogen and oxygen atoms in total. The van der Waals surface area contributed by atoms with Crippen molar-refractivity contribution in [2.24, 2.45) is 11.8 Å². The molecular weight excluding hydrogens is 269 g/mol. The van der Waals surface area contributed by atoms with E-state index in [1.807, 2.05) is 0 Å². The van der Waals surface area contributed by atoms with E-state index in [-0.39, 0.29) is 23.4 Å². The van der Waals surface area contributed by atoms with E-state index in [0.29, 0.717) is 19.0 Å². The Hall–Kier alpha value is -1.43. The van der Waals surface area contributed by atoms with Gasteiger partial charge in [0.25, 0.3) is 0 Å². The number of benzene rings is 1. The van der Waals surface area contributed by atoms with Crippen LogP contribution in [0.15, 0.2) is 18.2 Å². The molecule has 20 heavy (non-hydrogen) atoms. The number of aliphatic hydroxyl groups is 1. The van der Waals surface area contributed by atoms with Crippen molar-refractivity contribution in [2.45, 2.75) is 25.1 Å². The SMILES string of the molecule is Nc1ccc(N2CC3CCC(O)C3C2)c(C(F)(F)F)c1. The zero-order valence-corrected chi connectivity index (χ0v) is 10.9. The van der Waals surface area contributed by atoms with Crippen LogP contribution in [0.5, 0.6) is 0 Å². The van der Waals surface area contributed by atoms with Gasteiger partial charge in [-0.25, -0.2) is 0 Å². The molecule has 0 aromatic heterocycles. The Bertz CT molecular complexity index is 518. The van der Waals surface area contributed by atoms with Gasteiger partial charge in [-0.1, -0.05) is 0 Å². The minimum absolute atomic E-state index is 0.0913. The fraction of sp³-hybridized carbons (Fsp3) is 0.571. The summed E-state index contributed by atoms with van der Waals surface area (Å²) in [7, 11) is 0. The number of aliphatic hydroxyl groups excluding tert-OH is 1. The van der Waals surface area contributed by atoms with Crippen molar-refractivity contribution in [3.05, 3.63) is 23.8 Å². The monoisotopic (exact) mass is 286 g/mol. The molecule has 0 spiro atoms. The number of hydrogen-bond acceptors (Lipinski definition) is 3. The molecule has 1 aromatic rings. The average Bonchev–Trinajstić information content (AvgIpc) is 2.91. The predicted molar refractivity (Wildman–Crippen MR) is 70.3 cm³/mol. The molecule has 0 radical (unpaired) electrons. The smallest absolute Gasteiger partial charge is 0.399 e. The molecule has 110 valence electrons. The van der Waals surface area contributed by atoms with E-state index in [0.717, 1.165) is 18.9 Å². The standard InChI is InChI=1S/C14H17F3N2O/c15-14(16,17)11-5-9(18)2-3-12(11)19-6-8-1-4-13(20)10(8)7-19/h2-3,5,8,10,13,20H,1,4,6-7,18H2. The van der Waals surface area contributed by atoms with Crippen molar-refractivity contribution in [3.8, 4) is 0 Å². The van der Waals surface area contributed by atoms with Crippen molar-refractivity contribution in [3.63, 3.8) is 0 Å². The maximum Gasteiger partial charge on any atom is 0.418 e. The van der Waals surface area contributed by atoms with Crippen molar-refractivity contribution in [2.75, 3.05) is 23.7 Å². The molecule has 1 aliphatic carbocycles. The zero-order valence-electron chi connectivity index (χ0n) is 10.9. The number of nitrogens with two attached hydrogens (primary N) is 1. The van der Waals surface area contributed by atoms with E-state index in [2.05, 4.69) is 0 Å². The lowest BCUT2D eigenvalue weighted by molar-refractivity contribution is -0.137. The summed E-state index contributed by atoms with van der Waals surface area (Å²) in [5.41, 5.74) is 5.08. The third kappa shape index (κ3) is 2.22. The highest BCUT2D eigenvalue weighted by Gasteiger charge is 2.44. The van der Waals surface area contributed by atoms with E-state index in [4.69, 9.17) is 5.73 Å². The Kier molecular flexibility index (Phi) is 3.08. The molecular formula is C14H17F3N2O. The maximum atomic E-state index is 13.1. The van der Waals surface area contributed by atoms with Crippen LogP contribution >= 0.6 is 0 Å².